The van der Waals surface area contributed by atoms with Gasteiger partial charge in [-0.1, -0.05) is 45.4 Å². The minimum Gasteiger partial charge on any atom is -0.351 e. The Bertz CT molecular complexity index is 803. The first kappa shape index (κ1) is 20.0. The fraction of sp³-hybridized carbons (Fsp3) is 0.611. The van der Waals surface area contributed by atoms with Crippen molar-refractivity contribution in [3.8, 4) is 0 Å². The number of nitrogens with zero attached hydrogens (tertiary/aromatic N) is 4. The van der Waals surface area contributed by atoms with Crippen LogP contribution in [0.15, 0.2) is 17.3 Å². The second kappa shape index (κ2) is 8.52. The maximum atomic E-state index is 12.5. The van der Waals surface area contributed by atoms with E-state index in [1.54, 1.807) is 0 Å². The van der Waals surface area contributed by atoms with E-state index in [-0.39, 0.29) is 11.7 Å². The van der Waals surface area contributed by atoms with Crippen LogP contribution >= 0.6 is 23.1 Å². The molecular weight excluding hydrogens is 382 g/mol. The van der Waals surface area contributed by atoms with Crippen LogP contribution in [0.5, 0.6) is 0 Å². The lowest BCUT2D eigenvalue weighted by Gasteiger charge is -2.17. The molecule has 0 unspecified atom stereocenters. The first-order chi connectivity index (χ1) is 12.8. The Morgan fingerprint density at radius 2 is 2.04 bits per heavy atom. The lowest BCUT2D eigenvalue weighted by Crippen LogP contribution is -2.34. The van der Waals surface area contributed by atoms with E-state index in [9.17, 15) is 9.59 Å². The number of rotatable bonds is 7. The van der Waals surface area contributed by atoms with E-state index in [1.165, 1.54) is 35.9 Å². The Kier molecular flexibility index (Phi) is 6.31. The fourth-order valence-electron chi connectivity index (χ4n) is 2.92. The summed E-state index contributed by atoms with van der Waals surface area (Å²) < 4.78 is 1.87. The lowest BCUT2D eigenvalue weighted by molar-refractivity contribution is -0.128. The molecule has 1 aliphatic rings. The largest absolute Gasteiger partial charge is 0.351 e. The molecule has 1 aliphatic carbocycles. The van der Waals surface area contributed by atoms with E-state index in [0.29, 0.717) is 28.4 Å². The molecule has 7 nitrogen and oxygen atoms in total. The number of amides is 1. The predicted octanol–water partition coefficient (Wildman–Crippen LogP) is 3.49. The number of aromatic nitrogens is 4. The molecule has 0 aliphatic heterocycles. The number of thiophene rings is 1. The molecule has 9 heteroatoms. The molecule has 3 rings (SSSR count). The summed E-state index contributed by atoms with van der Waals surface area (Å²) in [5, 5.41) is 15.6. The van der Waals surface area contributed by atoms with Gasteiger partial charge in [0.25, 0.3) is 0 Å². The molecule has 2 aromatic heterocycles. The van der Waals surface area contributed by atoms with Gasteiger partial charge in [-0.05, 0) is 35.4 Å². The summed E-state index contributed by atoms with van der Waals surface area (Å²) in [5.74, 6) is 0.360. The van der Waals surface area contributed by atoms with Gasteiger partial charge < -0.3 is 5.32 Å². The highest BCUT2D eigenvalue weighted by atomic mass is 32.2. The van der Waals surface area contributed by atoms with Gasteiger partial charge >= 0.3 is 0 Å². The first-order valence-corrected chi connectivity index (χ1v) is 11.0. The molecule has 2 heterocycles. The molecule has 0 aromatic carbocycles. The summed E-state index contributed by atoms with van der Waals surface area (Å²) in [7, 11) is 0. The maximum Gasteiger partial charge on any atom is 0.225 e. The molecule has 0 saturated heterocycles. The molecular formula is C18H25N5O2S2. The Hall–Kier alpha value is -1.74. The number of thioether (sulfide) groups is 1. The van der Waals surface area contributed by atoms with Crippen LogP contribution in [0.4, 0.5) is 0 Å². The smallest absolute Gasteiger partial charge is 0.225 e. The van der Waals surface area contributed by atoms with Crippen LogP contribution < -0.4 is 5.32 Å². The maximum absolute atomic E-state index is 12.5. The van der Waals surface area contributed by atoms with Gasteiger partial charge in [0.15, 0.2) is 5.78 Å². The van der Waals surface area contributed by atoms with Crippen molar-refractivity contribution in [1.82, 2.24) is 25.5 Å². The Balaban J connectivity index is 1.53. The van der Waals surface area contributed by atoms with Crippen LogP contribution in [0.25, 0.3) is 0 Å². The van der Waals surface area contributed by atoms with Crippen molar-refractivity contribution in [1.29, 1.82) is 0 Å². The Morgan fingerprint density at radius 3 is 2.74 bits per heavy atom. The van der Waals surface area contributed by atoms with Gasteiger partial charge in [0.1, 0.15) is 0 Å². The highest BCUT2D eigenvalue weighted by molar-refractivity contribution is 7.99. The summed E-state index contributed by atoms with van der Waals surface area (Å²) in [5.41, 5.74) is -0.421. The van der Waals surface area contributed by atoms with Crippen LogP contribution in [-0.2, 0) is 11.3 Å². The van der Waals surface area contributed by atoms with Gasteiger partial charge in [0, 0.05) is 10.3 Å². The molecule has 2 aromatic rings. The van der Waals surface area contributed by atoms with Crippen LogP contribution in [0.2, 0.25) is 0 Å². The van der Waals surface area contributed by atoms with Gasteiger partial charge in [-0.15, -0.1) is 16.4 Å². The van der Waals surface area contributed by atoms with E-state index in [4.69, 9.17) is 0 Å². The molecule has 1 amide bonds. The van der Waals surface area contributed by atoms with Crippen LogP contribution in [-0.4, -0.2) is 37.7 Å². The van der Waals surface area contributed by atoms with E-state index in [1.807, 2.05) is 37.6 Å². The summed E-state index contributed by atoms with van der Waals surface area (Å²) >= 11 is 2.81. The zero-order valence-electron chi connectivity index (χ0n) is 15.9. The van der Waals surface area contributed by atoms with Crippen molar-refractivity contribution in [3.05, 3.63) is 21.9 Å². The quantitative estimate of drug-likeness (QED) is 0.558. The Morgan fingerprint density at radius 1 is 1.30 bits per heavy atom. The SMILES string of the molecule is CC(C)(C)C(=O)NCc1ccc(C(=O)CSc2nnnn2C2CCCC2)s1. The molecule has 1 N–H and O–H groups in total. The number of carbonyl (C=O) groups excluding carboxylic acids is 2. The predicted molar refractivity (Wildman–Crippen MR) is 106 cm³/mol. The third kappa shape index (κ3) is 5.16. The van der Waals surface area contributed by atoms with Crippen LogP contribution in [0.1, 0.15) is 67.0 Å². The number of tetrazole rings is 1. The number of hydrogen-bond acceptors (Lipinski definition) is 7. The second-order valence-electron chi connectivity index (χ2n) is 7.75. The van der Waals surface area contributed by atoms with E-state index in [2.05, 4.69) is 20.8 Å². The Labute approximate surface area is 167 Å². The third-order valence-corrected chi connectivity index (χ3v) is 6.57. The number of Topliss-reactive ketones (excluding diaryl/α,β-unsaturated/α-hetero) is 1. The van der Waals surface area contributed by atoms with E-state index < -0.39 is 5.41 Å². The van der Waals surface area contributed by atoms with Crippen molar-refractivity contribution >= 4 is 34.8 Å². The molecule has 0 bridgehead atoms. The van der Waals surface area contributed by atoms with Crippen molar-refractivity contribution in [2.75, 3.05) is 5.75 Å². The molecule has 1 saturated carbocycles. The van der Waals surface area contributed by atoms with Gasteiger partial charge in [-0.3, -0.25) is 9.59 Å². The molecule has 27 heavy (non-hydrogen) atoms. The second-order valence-corrected chi connectivity index (χ2v) is 9.87. The number of hydrogen-bond donors (Lipinski definition) is 1. The number of nitrogens with one attached hydrogen (secondary N) is 1. The zero-order chi connectivity index (χ0) is 19.4. The monoisotopic (exact) mass is 407 g/mol. The van der Waals surface area contributed by atoms with E-state index in [0.717, 1.165) is 17.7 Å². The molecule has 0 spiro atoms. The number of ketones is 1. The summed E-state index contributed by atoms with van der Waals surface area (Å²) in [6.45, 7) is 6.08. The average Bonchev–Trinajstić information content (AvgIpc) is 3.37. The zero-order valence-corrected chi connectivity index (χ0v) is 17.5. The molecule has 0 radical (unpaired) electrons. The third-order valence-electron chi connectivity index (χ3n) is 4.51. The van der Waals surface area contributed by atoms with Crippen molar-refractivity contribution in [2.24, 2.45) is 5.41 Å². The minimum absolute atomic E-state index is 0.00178. The number of carbonyl (C=O) groups is 2. The lowest BCUT2D eigenvalue weighted by atomic mass is 9.96. The van der Waals surface area contributed by atoms with E-state index >= 15 is 0 Å². The summed E-state index contributed by atoms with van der Waals surface area (Å²) in [4.78, 5) is 26.1. The van der Waals surface area contributed by atoms with Crippen molar-refractivity contribution < 1.29 is 9.59 Å². The summed E-state index contributed by atoms with van der Waals surface area (Å²) in [6, 6.07) is 4.08. The highest BCUT2D eigenvalue weighted by Crippen LogP contribution is 2.31. The summed E-state index contributed by atoms with van der Waals surface area (Å²) in [6.07, 6.45) is 4.61. The minimum atomic E-state index is -0.421. The fourth-order valence-corrected chi connectivity index (χ4v) is 4.72. The van der Waals surface area contributed by atoms with Gasteiger partial charge in [-0.2, -0.15) is 0 Å². The van der Waals surface area contributed by atoms with Crippen LogP contribution in [0, 0.1) is 5.41 Å². The van der Waals surface area contributed by atoms with Crippen molar-refractivity contribution in [3.63, 3.8) is 0 Å². The topological polar surface area (TPSA) is 89.8 Å². The van der Waals surface area contributed by atoms with Crippen LogP contribution in [0.3, 0.4) is 0 Å². The van der Waals surface area contributed by atoms with Gasteiger partial charge in [0.05, 0.1) is 23.2 Å². The van der Waals surface area contributed by atoms with Gasteiger partial charge in [0.2, 0.25) is 11.1 Å². The molecule has 0 atom stereocenters. The first-order valence-electron chi connectivity index (χ1n) is 9.15. The standard InChI is InChI=1S/C18H25N5O2S2/c1-18(2,3)16(25)19-10-13-8-9-15(27-13)14(24)11-26-17-20-21-22-23(17)12-6-4-5-7-12/h8-9,12H,4-7,10-11H2,1-3H3,(H,19,25). The average molecular weight is 408 g/mol. The molecule has 1 fully saturated rings. The van der Waals surface area contributed by atoms with Gasteiger partial charge in [-0.25, -0.2) is 4.68 Å². The normalized spacial score (nSPS) is 15.2. The van der Waals surface area contributed by atoms with Crippen molar-refractivity contribution in [2.45, 2.75) is 64.2 Å². The highest BCUT2D eigenvalue weighted by Gasteiger charge is 2.23. The molecule has 146 valence electrons.